The lowest BCUT2D eigenvalue weighted by atomic mass is 10.2. The molecule has 1 aromatic carbocycles. The maximum absolute atomic E-state index is 12.4. The van der Waals surface area contributed by atoms with E-state index in [0.29, 0.717) is 12.1 Å². The number of aliphatic hydroxyl groups is 1. The first-order chi connectivity index (χ1) is 9.20. The van der Waals surface area contributed by atoms with E-state index in [2.05, 4.69) is 17.5 Å². The molecule has 0 saturated carbocycles. The lowest BCUT2D eigenvalue weighted by molar-refractivity contribution is 0.0760. The predicted octanol–water partition coefficient (Wildman–Crippen LogP) is 1.12. The smallest absolute Gasteiger partial charge is 0.253 e. The van der Waals surface area contributed by atoms with Crippen LogP contribution in [0, 0.1) is 0 Å². The number of amides is 1. The highest BCUT2D eigenvalue weighted by molar-refractivity contribution is 7.80. The zero-order valence-electron chi connectivity index (χ0n) is 11.0. The van der Waals surface area contributed by atoms with Gasteiger partial charge < -0.3 is 10.0 Å². The number of benzene rings is 1. The Morgan fingerprint density at radius 2 is 2.11 bits per heavy atom. The highest BCUT2D eigenvalue weighted by atomic mass is 32.1. The van der Waals surface area contributed by atoms with Crippen molar-refractivity contribution in [3.63, 3.8) is 0 Å². The molecule has 1 N–H and O–H groups in total. The van der Waals surface area contributed by atoms with E-state index in [0.717, 1.165) is 37.5 Å². The van der Waals surface area contributed by atoms with Crippen LogP contribution in [0.4, 0.5) is 0 Å². The van der Waals surface area contributed by atoms with Crippen molar-refractivity contribution in [1.29, 1.82) is 0 Å². The molecular formula is C14H20N2O2S. The molecule has 0 unspecified atom stereocenters. The maximum Gasteiger partial charge on any atom is 0.253 e. The van der Waals surface area contributed by atoms with Gasteiger partial charge in [-0.25, -0.2) is 0 Å². The van der Waals surface area contributed by atoms with E-state index in [9.17, 15) is 4.79 Å². The Kier molecular flexibility index (Phi) is 5.24. The second-order valence-electron chi connectivity index (χ2n) is 4.76. The number of hydrogen-bond acceptors (Lipinski definition) is 4. The van der Waals surface area contributed by atoms with Crippen molar-refractivity contribution in [3.05, 3.63) is 29.8 Å². The summed E-state index contributed by atoms with van der Waals surface area (Å²) in [6.45, 7) is 4.13. The fourth-order valence-corrected chi connectivity index (χ4v) is 2.59. The first-order valence-corrected chi connectivity index (χ1v) is 7.07. The third-order valence-electron chi connectivity index (χ3n) is 3.39. The number of thiol groups is 1. The molecule has 1 saturated heterocycles. The largest absolute Gasteiger partial charge is 0.395 e. The Labute approximate surface area is 119 Å². The van der Waals surface area contributed by atoms with Crippen LogP contribution in [0.3, 0.4) is 0 Å². The van der Waals surface area contributed by atoms with Crippen LogP contribution in [-0.2, 0) is 0 Å². The van der Waals surface area contributed by atoms with Gasteiger partial charge in [-0.05, 0) is 31.2 Å². The lowest BCUT2D eigenvalue weighted by Crippen LogP contribution is -2.35. The van der Waals surface area contributed by atoms with Gasteiger partial charge in [0.1, 0.15) is 0 Å². The number of nitrogens with zero attached hydrogens (tertiary/aromatic N) is 2. The van der Waals surface area contributed by atoms with E-state index in [-0.39, 0.29) is 12.5 Å². The van der Waals surface area contributed by atoms with Gasteiger partial charge in [-0.15, -0.1) is 12.6 Å². The SMILES string of the molecule is O=C(c1cccc(S)c1)N1CCCN(CCO)CC1. The van der Waals surface area contributed by atoms with Gasteiger partial charge in [0, 0.05) is 36.6 Å². The molecule has 1 aliphatic heterocycles. The molecule has 0 bridgehead atoms. The first-order valence-electron chi connectivity index (χ1n) is 6.62. The summed E-state index contributed by atoms with van der Waals surface area (Å²) in [6, 6.07) is 7.36. The lowest BCUT2D eigenvalue weighted by Gasteiger charge is -2.21. The minimum atomic E-state index is 0.0711. The Hall–Kier alpha value is -1.04. The normalized spacial score (nSPS) is 17.3. The van der Waals surface area contributed by atoms with Gasteiger partial charge in [0.25, 0.3) is 5.91 Å². The van der Waals surface area contributed by atoms with Crippen LogP contribution in [0.5, 0.6) is 0 Å². The van der Waals surface area contributed by atoms with Gasteiger partial charge in [-0.2, -0.15) is 0 Å². The number of hydrogen-bond donors (Lipinski definition) is 2. The molecule has 1 aromatic rings. The van der Waals surface area contributed by atoms with E-state index in [4.69, 9.17) is 5.11 Å². The predicted molar refractivity (Wildman–Crippen MR) is 77.7 cm³/mol. The third-order valence-corrected chi connectivity index (χ3v) is 3.66. The van der Waals surface area contributed by atoms with E-state index in [1.807, 2.05) is 29.2 Å². The molecule has 19 heavy (non-hydrogen) atoms. The summed E-state index contributed by atoms with van der Waals surface area (Å²) < 4.78 is 0. The Bertz CT molecular complexity index is 439. The van der Waals surface area contributed by atoms with Gasteiger partial charge in [0.2, 0.25) is 0 Å². The number of rotatable bonds is 3. The zero-order valence-corrected chi connectivity index (χ0v) is 11.9. The first kappa shape index (κ1) is 14.4. The molecule has 0 atom stereocenters. The molecule has 1 aliphatic rings. The van der Waals surface area contributed by atoms with Gasteiger partial charge >= 0.3 is 0 Å². The van der Waals surface area contributed by atoms with Gasteiger partial charge in [0.05, 0.1) is 6.61 Å². The average molecular weight is 280 g/mol. The third kappa shape index (κ3) is 3.96. The van der Waals surface area contributed by atoms with Crippen molar-refractivity contribution in [2.24, 2.45) is 0 Å². The molecule has 2 rings (SSSR count). The van der Waals surface area contributed by atoms with Crippen LogP contribution < -0.4 is 0 Å². The summed E-state index contributed by atoms with van der Waals surface area (Å²) in [5.74, 6) is 0.0711. The minimum absolute atomic E-state index is 0.0711. The number of carbonyl (C=O) groups excluding carboxylic acids is 1. The Morgan fingerprint density at radius 1 is 1.26 bits per heavy atom. The highest BCUT2D eigenvalue weighted by Crippen LogP contribution is 2.13. The average Bonchev–Trinajstić information content (AvgIpc) is 2.64. The van der Waals surface area contributed by atoms with Crippen LogP contribution in [0.2, 0.25) is 0 Å². The summed E-state index contributed by atoms with van der Waals surface area (Å²) in [6.07, 6.45) is 0.951. The summed E-state index contributed by atoms with van der Waals surface area (Å²) in [5, 5.41) is 8.96. The molecule has 104 valence electrons. The zero-order chi connectivity index (χ0) is 13.7. The molecule has 0 aromatic heterocycles. The van der Waals surface area contributed by atoms with Gasteiger partial charge in [-0.3, -0.25) is 9.69 Å². The number of β-amino-alcohol motifs (C(OH)–C–C–N with tert-alkyl or cyclic N) is 1. The van der Waals surface area contributed by atoms with Crippen molar-refractivity contribution < 1.29 is 9.90 Å². The van der Waals surface area contributed by atoms with Crippen molar-refractivity contribution >= 4 is 18.5 Å². The van der Waals surface area contributed by atoms with Crippen LogP contribution >= 0.6 is 12.6 Å². The van der Waals surface area contributed by atoms with E-state index in [1.165, 1.54) is 0 Å². The van der Waals surface area contributed by atoms with Crippen LogP contribution in [0.15, 0.2) is 29.2 Å². The quantitative estimate of drug-likeness (QED) is 0.815. The standard InChI is InChI=1S/C14H20N2O2S/c17-10-9-15-5-2-6-16(8-7-15)14(18)12-3-1-4-13(19)11-12/h1,3-4,11,17,19H,2,5-10H2. The number of carbonyl (C=O) groups is 1. The molecule has 0 spiro atoms. The van der Waals surface area contributed by atoms with Crippen molar-refractivity contribution in [1.82, 2.24) is 9.80 Å². The minimum Gasteiger partial charge on any atom is -0.395 e. The van der Waals surface area contributed by atoms with E-state index >= 15 is 0 Å². The summed E-state index contributed by atoms with van der Waals surface area (Å²) in [7, 11) is 0. The summed E-state index contributed by atoms with van der Waals surface area (Å²) in [5.41, 5.74) is 0.697. The summed E-state index contributed by atoms with van der Waals surface area (Å²) >= 11 is 4.27. The molecule has 1 heterocycles. The highest BCUT2D eigenvalue weighted by Gasteiger charge is 2.19. The topological polar surface area (TPSA) is 43.8 Å². The van der Waals surface area contributed by atoms with Crippen molar-refractivity contribution in [2.75, 3.05) is 39.3 Å². The molecule has 0 aliphatic carbocycles. The van der Waals surface area contributed by atoms with Crippen LogP contribution in [0.25, 0.3) is 0 Å². The number of aliphatic hydroxyl groups excluding tert-OH is 1. The maximum atomic E-state index is 12.4. The monoisotopic (exact) mass is 280 g/mol. The fraction of sp³-hybridized carbons (Fsp3) is 0.500. The van der Waals surface area contributed by atoms with Gasteiger partial charge in [-0.1, -0.05) is 6.07 Å². The van der Waals surface area contributed by atoms with Gasteiger partial charge in [0.15, 0.2) is 0 Å². The van der Waals surface area contributed by atoms with Crippen LogP contribution in [0.1, 0.15) is 16.8 Å². The van der Waals surface area contributed by atoms with E-state index < -0.39 is 0 Å². The fourth-order valence-electron chi connectivity index (χ4n) is 2.36. The molecule has 4 nitrogen and oxygen atoms in total. The van der Waals surface area contributed by atoms with Crippen molar-refractivity contribution in [2.45, 2.75) is 11.3 Å². The molecule has 1 amide bonds. The van der Waals surface area contributed by atoms with Crippen LogP contribution in [-0.4, -0.2) is 60.1 Å². The molecule has 1 fully saturated rings. The second-order valence-corrected chi connectivity index (χ2v) is 5.28. The molecule has 5 heteroatoms. The second kappa shape index (κ2) is 6.93. The summed E-state index contributed by atoms with van der Waals surface area (Å²) in [4.78, 5) is 17.3. The van der Waals surface area contributed by atoms with Crippen molar-refractivity contribution in [3.8, 4) is 0 Å². The Morgan fingerprint density at radius 3 is 2.84 bits per heavy atom. The Balaban J connectivity index is 2.00. The molecular weight excluding hydrogens is 260 g/mol. The van der Waals surface area contributed by atoms with E-state index in [1.54, 1.807) is 0 Å². The molecule has 0 radical (unpaired) electrons.